The number of fused-ring (bicyclic) bond motifs is 2. The van der Waals surface area contributed by atoms with E-state index in [1.165, 1.54) is 11.1 Å². The average Bonchev–Trinajstić information content (AvgIpc) is 3.03. The van der Waals surface area contributed by atoms with E-state index < -0.39 is 0 Å². The Balaban J connectivity index is 1.64. The lowest BCUT2D eigenvalue weighted by Crippen LogP contribution is -2.31. The van der Waals surface area contributed by atoms with E-state index in [9.17, 15) is 4.79 Å². The van der Waals surface area contributed by atoms with Gasteiger partial charge < -0.3 is 5.32 Å². The van der Waals surface area contributed by atoms with Crippen molar-refractivity contribution in [1.29, 1.82) is 0 Å². The van der Waals surface area contributed by atoms with Gasteiger partial charge in [0.25, 0.3) is 5.91 Å². The SMILES string of the molecule is O=C(NC1CCCc2ccccc21)c1cccc2cn[nH]c12. The number of nitrogens with one attached hydrogen (secondary N) is 2. The van der Waals surface area contributed by atoms with Crippen LogP contribution in [0.3, 0.4) is 0 Å². The van der Waals surface area contributed by atoms with Crippen molar-refractivity contribution in [3.8, 4) is 0 Å². The van der Waals surface area contributed by atoms with Crippen molar-refractivity contribution in [2.75, 3.05) is 0 Å². The number of aromatic nitrogens is 2. The molecule has 1 amide bonds. The number of carbonyl (C=O) groups is 1. The number of hydrogen-bond acceptors (Lipinski definition) is 2. The Morgan fingerprint density at radius 3 is 3.05 bits per heavy atom. The van der Waals surface area contributed by atoms with Gasteiger partial charge in [0.2, 0.25) is 0 Å². The second kappa shape index (κ2) is 5.30. The Kier molecular flexibility index (Phi) is 3.15. The van der Waals surface area contributed by atoms with E-state index in [4.69, 9.17) is 0 Å². The van der Waals surface area contributed by atoms with E-state index in [-0.39, 0.29) is 11.9 Å². The predicted octanol–water partition coefficient (Wildman–Crippen LogP) is 3.37. The number of rotatable bonds is 2. The summed E-state index contributed by atoms with van der Waals surface area (Å²) >= 11 is 0. The summed E-state index contributed by atoms with van der Waals surface area (Å²) < 4.78 is 0. The molecular weight excluding hydrogens is 274 g/mol. The van der Waals surface area contributed by atoms with Crippen LogP contribution in [0.25, 0.3) is 10.9 Å². The van der Waals surface area contributed by atoms with Crippen LogP contribution < -0.4 is 5.32 Å². The number of nitrogens with zero attached hydrogens (tertiary/aromatic N) is 1. The normalized spacial score (nSPS) is 17.2. The zero-order valence-corrected chi connectivity index (χ0v) is 12.2. The maximum Gasteiger partial charge on any atom is 0.253 e. The third-order valence-corrected chi connectivity index (χ3v) is 4.40. The number of aromatic amines is 1. The van der Waals surface area contributed by atoms with Crippen LogP contribution in [-0.4, -0.2) is 16.1 Å². The van der Waals surface area contributed by atoms with Gasteiger partial charge in [0, 0.05) is 5.39 Å². The first-order valence-electron chi connectivity index (χ1n) is 7.64. The first-order valence-corrected chi connectivity index (χ1v) is 7.64. The summed E-state index contributed by atoms with van der Waals surface area (Å²) in [5.74, 6) is -0.0449. The molecule has 2 aromatic carbocycles. The van der Waals surface area contributed by atoms with Crippen LogP contribution >= 0.6 is 0 Å². The Morgan fingerprint density at radius 2 is 2.09 bits per heavy atom. The van der Waals surface area contributed by atoms with E-state index in [2.05, 4.69) is 33.7 Å². The fraction of sp³-hybridized carbons (Fsp3) is 0.222. The van der Waals surface area contributed by atoms with Crippen LogP contribution in [0.2, 0.25) is 0 Å². The topological polar surface area (TPSA) is 57.8 Å². The van der Waals surface area contributed by atoms with Crippen LogP contribution in [0.1, 0.15) is 40.4 Å². The zero-order chi connectivity index (χ0) is 14.9. The second-order valence-electron chi connectivity index (χ2n) is 5.76. The van der Waals surface area contributed by atoms with Crippen LogP contribution in [0, 0.1) is 0 Å². The van der Waals surface area contributed by atoms with Gasteiger partial charge in [-0.1, -0.05) is 36.4 Å². The minimum atomic E-state index is -0.0449. The van der Waals surface area contributed by atoms with Gasteiger partial charge in [-0.2, -0.15) is 5.10 Å². The van der Waals surface area contributed by atoms with Crippen molar-refractivity contribution >= 4 is 16.8 Å². The zero-order valence-electron chi connectivity index (χ0n) is 12.2. The third-order valence-electron chi connectivity index (χ3n) is 4.40. The van der Waals surface area contributed by atoms with E-state index in [0.29, 0.717) is 5.56 Å². The van der Waals surface area contributed by atoms with Crippen molar-refractivity contribution in [1.82, 2.24) is 15.5 Å². The summed E-state index contributed by atoms with van der Waals surface area (Å²) in [7, 11) is 0. The molecule has 0 saturated carbocycles. The number of aryl methyl sites for hydroxylation is 1. The van der Waals surface area contributed by atoms with E-state index in [1.807, 2.05) is 24.3 Å². The molecule has 1 aliphatic carbocycles. The van der Waals surface area contributed by atoms with Gasteiger partial charge in [0.15, 0.2) is 0 Å². The average molecular weight is 291 g/mol. The molecule has 0 saturated heterocycles. The van der Waals surface area contributed by atoms with Gasteiger partial charge >= 0.3 is 0 Å². The minimum Gasteiger partial charge on any atom is -0.345 e. The van der Waals surface area contributed by atoms with Gasteiger partial charge in [-0.05, 0) is 36.5 Å². The molecule has 0 bridgehead atoms. The highest BCUT2D eigenvalue weighted by Crippen LogP contribution is 2.30. The van der Waals surface area contributed by atoms with Crippen molar-refractivity contribution in [2.24, 2.45) is 0 Å². The summed E-state index contributed by atoms with van der Waals surface area (Å²) in [6.45, 7) is 0. The lowest BCUT2D eigenvalue weighted by Gasteiger charge is -2.26. The molecule has 0 aliphatic heterocycles. The summed E-state index contributed by atoms with van der Waals surface area (Å²) in [5, 5.41) is 11.1. The quantitative estimate of drug-likeness (QED) is 0.760. The number of carbonyl (C=O) groups excluding carboxylic acids is 1. The number of hydrogen-bond donors (Lipinski definition) is 2. The van der Waals surface area contributed by atoms with Crippen molar-refractivity contribution < 1.29 is 4.79 Å². The number of amides is 1. The van der Waals surface area contributed by atoms with E-state index >= 15 is 0 Å². The van der Waals surface area contributed by atoms with E-state index in [0.717, 1.165) is 30.2 Å². The highest BCUT2D eigenvalue weighted by molar-refractivity contribution is 6.05. The standard InChI is InChI=1S/C18H17N3O/c22-18(15-9-3-7-13-11-19-21-17(13)15)20-16-10-4-6-12-5-1-2-8-14(12)16/h1-3,5,7-9,11,16H,4,6,10H2,(H,19,21)(H,20,22). The molecule has 4 rings (SSSR count). The predicted molar refractivity (Wildman–Crippen MR) is 85.7 cm³/mol. The third kappa shape index (κ3) is 2.17. The van der Waals surface area contributed by atoms with Crippen LogP contribution in [-0.2, 0) is 6.42 Å². The van der Waals surface area contributed by atoms with Gasteiger partial charge in [-0.25, -0.2) is 0 Å². The van der Waals surface area contributed by atoms with E-state index in [1.54, 1.807) is 6.20 Å². The summed E-state index contributed by atoms with van der Waals surface area (Å²) in [6.07, 6.45) is 4.93. The number of para-hydroxylation sites is 1. The van der Waals surface area contributed by atoms with Gasteiger partial charge in [0.1, 0.15) is 0 Å². The fourth-order valence-corrected chi connectivity index (χ4v) is 3.30. The lowest BCUT2D eigenvalue weighted by atomic mass is 9.87. The lowest BCUT2D eigenvalue weighted by molar-refractivity contribution is 0.0934. The first kappa shape index (κ1) is 13.1. The molecule has 1 aromatic heterocycles. The molecule has 1 unspecified atom stereocenters. The van der Waals surface area contributed by atoms with Gasteiger partial charge in [0.05, 0.1) is 23.3 Å². The van der Waals surface area contributed by atoms with Gasteiger partial charge in [-0.15, -0.1) is 0 Å². The molecular formula is C18H17N3O. The summed E-state index contributed by atoms with van der Waals surface area (Å²) in [5.41, 5.74) is 4.04. The minimum absolute atomic E-state index is 0.0449. The van der Waals surface area contributed by atoms with Crippen molar-refractivity contribution in [2.45, 2.75) is 25.3 Å². The molecule has 1 aliphatic rings. The Hall–Kier alpha value is -2.62. The maximum atomic E-state index is 12.7. The molecule has 0 spiro atoms. The molecule has 4 nitrogen and oxygen atoms in total. The highest BCUT2D eigenvalue weighted by Gasteiger charge is 2.22. The smallest absolute Gasteiger partial charge is 0.253 e. The molecule has 0 fully saturated rings. The first-order chi connectivity index (χ1) is 10.8. The summed E-state index contributed by atoms with van der Waals surface area (Å²) in [6, 6.07) is 14.2. The van der Waals surface area contributed by atoms with Crippen LogP contribution in [0.4, 0.5) is 0 Å². The molecule has 3 aromatic rings. The number of H-pyrrole nitrogens is 1. The maximum absolute atomic E-state index is 12.7. The molecule has 4 heteroatoms. The van der Waals surface area contributed by atoms with Crippen LogP contribution in [0.5, 0.6) is 0 Å². The fourth-order valence-electron chi connectivity index (χ4n) is 3.30. The monoisotopic (exact) mass is 291 g/mol. The van der Waals surface area contributed by atoms with Crippen LogP contribution in [0.15, 0.2) is 48.7 Å². The molecule has 2 N–H and O–H groups in total. The Morgan fingerprint density at radius 1 is 1.18 bits per heavy atom. The Labute approximate surface area is 128 Å². The van der Waals surface area contributed by atoms with Crippen molar-refractivity contribution in [3.63, 3.8) is 0 Å². The molecule has 1 atom stereocenters. The largest absolute Gasteiger partial charge is 0.345 e. The number of benzene rings is 2. The second-order valence-corrected chi connectivity index (χ2v) is 5.76. The highest BCUT2D eigenvalue weighted by atomic mass is 16.1. The molecule has 1 heterocycles. The molecule has 22 heavy (non-hydrogen) atoms. The van der Waals surface area contributed by atoms with Crippen molar-refractivity contribution in [3.05, 3.63) is 65.4 Å². The summed E-state index contributed by atoms with van der Waals surface area (Å²) in [4.78, 5) is 12.7. The molecule has 0 radical (unpaired) electrons. The Bertz CT molecular complexity index is 837. The van der Waals surface area contributed by atoms with Gasteiger partial charge in [-0.3, -0.25) is 9.89 Å². The molecule has 110 valence electrons.